The van der Waals surface area contributed by atoms with Crippen LogP contribution in [0.5, 0.6) is 0 Å². The second-order valence-electron chi connectivity index (χ2n) is 6.81. The normalized spacial score (nSPS) is 34.7. The number of rotatable bonds is 4. The average Bonchev–Trinajstić information content (AvgIpc) is 2.90. The number of piperidine rings is 1. The quantitative estimate of drug-likeness (QED) is 0.761. The van der Waals surface area contributed by atoms with Gasteiger partial charge in [-0.05, 0) is 68.5 Å². The summed E-state index contributed by atoms with van der Waals surface area (Å²) < 4.78 is 0. The van der Waals surface area contributed by atoms with Crippen LogP contribution in [0.3, 0.4) is 0 Å². The zero-order valence-electron chi connectivity index (χ0n) is 10.6. The van der Waals surface area contributed by atoms with Gasteiger partial charge in [-0.1, -0.05) is 13.3 Å². The summed E-state index contributed by atoms with van der Waals surface area (Å²) in [6.07, 6.45) is 8.70. The molecule has 3 rings (SSSR count). The Morgan fingerprint density at radius 2 is 1.94 bits per heavy atom. The molecule has 2 aliphatic carbocycles. The predicted molar refractivity (Wildman–Crippen MR) is 67.5 cm³/mol. The molecule has 0 aromatic rings. The second-order valence-corrected chi connectivity index (χ2v) is 6.81. The van der Waals surface area contributed by atoms with Crippen molar-refractivity contribution in [3.05, 3.63) is 0 Å². The molecule has 0 bridgehead atoms. The first-order chi connectivity index (χ1) is 7.73. The third-order valence-electron chi connectivity index (χ3n) is 5.46. The minimum absolute atomic E-state index is 0.649. The van der Waals surface area contributed by atoms with Gasteiger partial charge in [0, 0.05) is 6.54 Å². The fourth-order valence-electron chi connectivity index (χ4n) is 3.76. The molecule has 1 saturated heterocycles. The molecule has 1 atom stereocenters. The topological polar surface area (TPSA) is 24.1 Å². The molecule has 1 spiro atoms. The molecular weight excluding hydrogens is 196 g/mol. The van der Waals surface area contributed by atoms with E-state index in [0.29, 0.717) is 5.41 Å². The molecule has 2 nitrogen and oxygen atoms in total. The summed E-state index contributed by atoms with van der Waals surface area (Å²) in [5, 5.41) is 7.22. The van der Waals surface area contributed by atoms with E-state index in [4.69, 9.17) is 0 Å². The van der Waals surface area contributed by atoms with Crippen LogP contribution in [0.25, 0.3) is 0 Å². The molecule has 0 amide bonds. The first kappa shape index (κ1) is 11.0. The summed E-state index contributed by atoms with van der Waals surface area (Å²) in [6.45, 7) is 7.51. The summed E-state index contributed by atoms with van der Waals surface area (Å²) in [5.41, 5.74) is 1.41. The van der Waals surface area contributed by atoms with Gasteiger partial charge in [0.15, 0.2) is 0 Å². The lowest BCUT2D eigenvalue weighted by Gasteiger charge is -2.38. The standard InChI is InChI=1S/C14H26N2/c1-13(3-2-4-13)11-16-10-12-9-14(12)5-7-15-8-6-14/h12,15-16H,2-11H2,1H3. The molecule has 1 unspecified atom stereocenters. The molecule has 16 heavy (non-hydrogen) atoms. The van der Waals surface area contributed by atoms with Crippen molar-refractivity contribution in [3.63, 3.8) is 0 Å². The maximum atomic E-state index is 3.74. The van der Waals surface area contributed by atoms with Gasteiger partial charge in [0.25, 0.3) is 0 Å². The highest BCUT2D eigenvalue weighted by Gasteiger charge is 2.53. The molecule has 3 fully saturated rings. The maximum absolute atomic E-state index is 3.74. The molecule has 1 aliphatic heterocycles. The van der Waals surface area contributed by atoms with Crippen LogP contribution >= 0.6 is 0 Å². The fourth-order valence-corrected chi connectivity index (χ4v) is 3.76. The predicted octanol–water partition coefficient (Wildman–Crippen LogP) is 2.16. The van der Waals surface area contributed by atoms with E-state index in [9.17, 15) is 0 Å². The summed E-state index contributed by atoms with van der Waals surface area (Å²) in [5.74, 6) is 0.998. The molecule has 0 radical (unpaired) electrons. The Hall–Kier alpha value is -0.0800. The van der Waals surface area contributed by atoms with E-state index < -0.39 is 0 Å². The van der Waals surface area contributed by atoms with Gasteiger partial charge in [0.1, 0.15) is 0 Å². The molecule has 2 saturated carbocycles. The van der Waals surface area contributed by atoms with Gasteiger partial charge >= 0.3 is 0 Å². The molecule has 2 N–H and O–H groups in total. The van der Waals surface area contributed by atoms with Gasteiger partial charge in [-0.25, -0.2) is 0 Å². The van der Waals surface area contributed by atoms with Crippen molar-refractivity contribution in [2.24, 2.45) is 16.7 Å². The van der Waals surface area contributed by atoms with E-state index in [0.717, 1.165) is 11.3 Å². The van der Waals surface area contributed by atoms with Gasteiger partial charge in [0.05, 0.1) is 0 Å². The molecule has 0 aromatic carbocycles. The molecule has 0 aromatic heterocycles. The smallest absolute Gasteiger partial charge is 0.000528 e. The maximum Gasteiger partial charge on any atom is 0.000528 e. The average molecular weight is 222 g/mol. The van der Waals surface area contributed by atoms with E-state index in [-0.39, 0.29) is 0 Å². The van der Waals surface area contributed by atoms with Crippen molar-refractivity contribution in [3.8, 4) is 0 Å². The summed E-state index contributed by atoms with van der Waals surface area (Å²) in [6, 6.07) is 0. The Morgan fingerprint density at radius 1 is 1.19 bits per heavy atom. The molecule has 2 heteroatoms. The molecule has 3 aliphatic rings. The summed E-state index contributed by atoms with van der Waals surface area (Å²) in [7, 11) is 0. The Kier molecular flexibility index (Phi) is 2.75. The number of hydrogen-bond donors (Lipinski definition) is 2. The Morgan fingerprint density at radius 3 is 2.56 bits per heavy atom. The van der Waals surface area contributed by atoms with E-state index >= 15 is 0 Å². The SMILES string of the molecule is CC1(CNCC2CC23CCNCC3)CCC1. The van der Waals surface area contributed by atoms with Crippen LogP contribution in [-0.4, -0.2) is 26.2 Å². The Balaban J connectivity index is 1.37. The van der Waals surface area contributed by atoms with Crippen molar-refractivity contribution in [1.29, 1.82) is 0 Å². The largest absolute Gasteiger partial charge is 0.317 e. The van der Waals surface area contributed by atoms with Crippen molar-refractivity contribution in [2.45, 2.75) is 45.4 Å². The van der Waals surface area contributed by atoms with Crippen LogP contribution < -0.4 is 10.6 Å². The number of hydrogen-bond acceptors (Lipinski definition) is 2. The van der Waals surface area contributed by atoms with Crippen LogP contribution in [0, 0.1) is 16.7 Å². The van der Waals surface area contributed by atoms with Crippen LogP contribution in [0.1, 0.15) is 45.4 Å². The van der Waals surface area contributed by atoms with Crippen LogP contribution in [-0.2, 0) is 0 Å². The fraction of sp³-hybridized carbons (Fsp3) is 1.00. The van der Waals surface area contributed by atoms with Gasteiger partial charge in [-0.15, -0.1) is 0 Å². The summed E-state index contributed by atoms with van der Waals surface area (Å²) >= 11 is 0. The molecule has 92 valence electrons. The van der Waals surface area contributed by atoms with Crippen molar-refractivity contribution in [1.82, 2.24) is 10.6 Å². The highest BCUT2D eigenvalue weighted by atomic mass is 14.9. The highest BCUT2D eigenvalue weighted by Crippen LogP contribution is 2.58. The van der Waals surface area contributed by atoms with Gasteiger partial charge in [0.2, 0.25) is 0 Å². The Bertz CT molecular complexity index is 251. The van der Waals surface area contributed by atoms with Crippen LogP contribution in [0.4, 0.5) is 0 Å². The second kappa shape index (κ2) is 3.99. The lowest BCUT2D eigenvalue weighted by atomic mass is 9.70. The minimum atomic E-state index is 0.649. The van der Waals surface area contributed by atoms with E-state index in [1.54, 1.807) is 0 Å². The van der Waals surface area contributed by atoms with Crippen molar-refractivity contribution in [2.75, 3.05) is 26.2 Å². The lowest BCUT2D eigenvalue weighted by molar-refractivity contribution is 0.155. The highest BCUT2D eigenvalue weighted by molar-refractivity contribution is 5.05. The minimum Gasteiger partial charge on any atom is -0.317 e. The van der Waals surface area contributed by atoms with Crippen molar-refractivity contribution >= 4 is 0 Å². The molecular formula is C14H26N2. The zero-order valence-corrected chi connectivity index (χ0v) is 10.6. The third kappa shape index (κ3) is 2.02. The van der Waals surface area contributed by atoms with Gasteiger partial charge in [-0.2, -0.15) is 0 Å². The van der Waals surface area contributed by atoms with E-state index in [2.05, 4.69) is 17.6 Å². The first-order valence-electron chi connectivity index (χ1n) is 7.14. The van der Waals surface area contributed by atoms with Gasteiger partial charge in [-0.3, -0.25) is 0 Å². The van der Waals surface area contributed by atoms with E-state index in [1.807, 2.05) is 0 Å². The van der Waals surface area contributed by atoms with E-state index in [1.165, 1.54) is 64.7 Å². The third-order valence-corrected chi connectivity index (χ3v) is 5.46. The molecule has 1 heterocycles. The van der Waals surface area contributed by atoms with Crippen LogP contribution in [0.15, 0.2) is 0 Å². The van der Waals surface area contributed by atoms with Crippen molar-refractivity contribution < 1.29 is 0 Å². The lowest BCUT2D eigenvalue weighted by Crippen LogP contribution is -2.38. The number of nitrogens with one attached hydrogen (secondary N) is 2. The monoisotopic (exact) mass is 222 g/mol. The zero-order chi connectivity index (χ0) is 11.1. The summed E-state index contributed by atoms with van der Waals surface area (Å²) in [4.78, 5) is 0. The van der Waals surface area contributed by atoms with Crippen LogP contribution in [0.2, 0.25) is 0 Å². The Labute approximate surface area is 99.6 Å². The first-order valence-corrected chi connectivity index (χ1v) is 7.14. The van der Waals surface area contributed by atoms with Gasteiger partial charge < -0.3 is 10.6 Å².